The molecule has 1 unspecified atom stereocenters. The van der Waals surface area contributed by atoms with Gasteiger partial charge in [0.25, 0.3) is 0 Å². The summed E-state index contributed by atoms with van der Waals surface area (Å²) in [5.41, 5.74) is 4.43. The average Bonchev–Trinajstić information content (AvgIpc) is 2.76. The standard InChI is InChI=1S/C29H33NO4/c1-18(2)34-28(32)25-19(3)30-22-15-29(4,5)16-23(31)27(22)26(25)21-13-9-10-14-24(21)33-17-20-11-7-6-8-12-20/h6-14,18,26,30H,15-17H2,1-5H3. The molecule has 0 spiro atoms. The van der Waals surface area contributed by atoms with Gasteiger partial charge in [-0.25, -0.2) is 4.79 Å². The van der Waals surface area contributed by atoms with Crippen LogP contribution in [0.3, 0.4) is 0 Å². The summed E-state index contributed by atoms with van der Waals surface area (Å²) in [5.74, 6) is -0.237. The summed E-state index contributed by atoms with van der Waals surface area (Å²) in [6.45, 7) is 10.1. The second-order valence-electron chi connectivity index (χ2n) is 10.2. The van der Waals surface area contributed by atoms with Crippen molar-refractivity contribution in [1.29, 1.82) is 0 Å². The monoisotopic (exact) mass is 459 g/mol. The molecule has 4 rings (SSSR count). The summed E-state index contributed by atoms with van der Waals surface area (Å²) in [6.07, 6.45) is 0.902. The number of ketones is 1. The van der Waals surface area contributed by atoms with E-state index in [1.807, 2.05) is 75.4 Å². The van der Waals surface area contributed by atoms with Gasteiger partial charge in [-0.1, -0.05) is 62.4 Å². The Bertz CT molecular complexity index is 1160. The molecule has 0 saturated carbocycles. The molecule has 1 heterocycles. The minimum Gasteiger partial charge on any atom is -0.489 e. The van der Waals surface area contributed by atoms with Crippen molar-refractivity contribution in [3.05, 3.63) is 88.3 Å². The third kappa shape index (κ3) is 4.93. The second-order valence-corrected chi connectivity index (χ2v) is 10.2. The summed E-state index contributed by atoms with van der Waals surface area (Å²) in [4.78, 5) is 26.8. The Morgan fingerprint density at radius 2 is 1.74 bits per heavy atom. The van der Waals surface area contributed by atoms with Crippen LogP contribution in [-0.4, -0.2) is 17.9 Å². The van der Waals surface area contributed by atoms with Crippen molar-refractivity contribution in [1.82, 2.24) is 5.32 Å². The number of hydrogen-bond acceptors (Lipinski definition) is 5. The van der Waals surface area contributed by atoms with Crippen molar-refractivity contribution in [2.45, 2.75) is 66.1 Å². The predicted molar refractivity (Wildman–Crippen MR) is 132 cm³/mol. The SMILES string of the molecule is CC1=C(C(=O)OC(C)C)C(c2ccccc2OCc2ccccc2)C2=C(CC(C)(C)CC2=O)N1. The smallest absolute Gasteiger partial charge is 0.337 e. The van der Waals surface area contributed by atoms with E-state index < -0.39 is 11.9 Å². The van der Waals surface area contributed by atoms with Crippen molar-refractivity contribution in [2.24, 2.45) is 5.41 Å². The van der Waals surface area contributed by atoms with Gasteiger partial charge in [-0.3, -0.25) is 4.79 Å². The minimum atomic E-state index is -0.543. The average molecular weight is 460 g/mol. The Morgan fingerprint density at radius 1 is 1.06 bits per heavy atom. The van der Waals surface area contributed by atoms with Gasteiger partial charge < -0.3 is 14.8 Å². The summed E-state index contributed by atoms with van der Waals surface area (Å²) < 4.78 is 11.9. The quantitative estimate of drug-likeness (QED) is 0.552. The Kier molecular flexibility index (Phi) is 6.65. The highest BCUT2D eigenvalue weighted by molar-refractivity contribution is 6.04. The van der Waals surface area contributed by atoms with Crippen molar-refractivity contribution in [2.75, 3.05) is 0 Å². The molecule has 1 N–H and O–H groups in total. The van der Waals surface area contributed by atoms with E-state index >= 15 is 0 Å². The van der Waals surface area contributed by atoms with Crippen molar-refractivity contribution < 1.29 is 19.1 Å². The number of ether oxygens (including phenoxy) is 2. The maximum absolute atomic E-state index is 13.5. The van der Waals surface area contributed by atoms with E-state index in [1.165, 1.54) is 0 Å². The number of allylic oxidation sites excluding steroid dienone is 3. The lowest BCUT2D eigenvalue weighted by Crippen LogP contribution is -2.39. The van der Waals surface area contributed by atoms with E-state index in [1.54, 1.807) is 0 Å². The molecule has 1 aliphatic carbocycles. The molecule has 178 valence electrons. The lowest BCUT2D eigenvalue weighted by atomic mass is 9.68. The first-order valence-electron chi connectivity index (χ1n) is 11.9. The number of benzene rings is 2. The topological polar surface area (TPSA) is 64.6 Å². The number of dihydropyridines is 1. The number of para-hydroxylation sites is 1. The van der Waals surface area contributed by atoms with Crippen LogP contribution in [0.5, 0.6) is 5.75 Å². The summed E-state index contributed by atoms with van der Waals surface area (Å²) in [7, 11) is 0. The van der Waals surface area contributed by atoms with Crippen molar-refractivity contribution in [3.63, 3.8) is 0 Å². The van der Waals surface area contributed by atoms with Gasteiger partial charge in [0.15, 0.2) is 5.78 Å². The number of carbonyl (C=O) groups is 2. The Balaban J connectivity index is 1.81. The van der Waals surface area contributed by atoms with E-state index in [-0.39, 0.29) is 17.3 Å². The van der Waals surface area contributed by atoms with Gasteiger partial charge in [0.1, 0.15) is 12.4 Å². The minimum absolute atomic E-state index is 0.0592. The highest BCUT2D eigenvalue weighted by atomic mass is 16.5. The van der Waals surface area contributed by atoms with Gasteiger partial charge in [0.2, 0.25) is 0 Å². The second kappa shape index (κ2) is 9.49. The van der Waals surface area contributed by atoms with Gasteiger partial charge >= 0.3 is 5.97 Å². The summed E-state index contributed by atoms with van der Waals surface area (Å²) in [6, 6.07) is 17.6. The van der Waals surface area contributed by atoms with E-state index in [9.17, 15) is 9.59 Å². The molecule has 2 aliphatic rings. The van der Waals surface area contributed by atoms with Gasteiger partial charge in [0.05, 0.1) is 17.6 Å². The molecule has 5 nitrogen and oxygen atoms in total. The number of esters is 1. The number of carbonyl (C=O) groups excluding carboxylic acids is 2. The molecule has 34 heavy (non-hydrogen) atoms. The van der Waals surface area contributed by atoms with E-state index in [0.29, 0.717) is 29.9 Å². The Hall–Kier alpha value is -3.34. The van der Waals surface area contributed by atoms with Crippen LogP contribution in [0.4, 0.5) is 0 Å². The fraction of sp³-hybridized carbons (Fsp3) is 0.379. The van der Waals surface area contributed by atoms with Crippen LogP contribution in [0.1, 0.15) is 64.5 Å². The summed E-state index contributed by atoms with van der Waals surface area (Å²) in [5, 5.41) is 3.38. The molecule has 1 atom stereocenters. The Labute approximate surface area is 201 Å². The molecule has 2 aromatic rings. The maximum atomic E-state index is 13.5. The molecule has 0 saturated heterocycles. The van der Waals surface area contributed by atoms with Crippen LogP contribution in [0.25, 0.3) is 0 Å². The first-order chi connectivity index (χ1) is 16.2. The lowest BCUT2D eigenvalue weighted by Gasteiger charge is -2.39. The highest BCUT2D eigenvalue weighted by Crippen LogP contribution is 2.48. The fourth-order valence-electron chi connectivity index (χ4n) is 4.88. The van der Waals surface area contributed by atoms with Gasteiger partial charge in [-0.2, -0.15) is 0 Å². The predicted octanol–water partition coefficient (Wildman–Crippen LogP) is 5.82. The van der Waals surface area contributed by atoms with Crippen LogP contribution in [0.15, 0.2) is 77.1 Å². The molecule has 1 aliphatic heterocycles. The van der Waals surface area contributed by atoms with Crippen LogP contribution < -0.4 is 10.1 Å². The summed E-state index contributed by atoms with van der Waals surface area (Å²) >= 11 is 0. The first-order valence-corrected chi connectivity index (χ1v) is 11.9. The Morgan fingerprint density at radius 3 is 2.44 bits per heavy atom. The molecule has 5 heteroatoms. The number of rotatable bonds is 6. The molecule has 0 fully saturated rings. The largest absolute Gasteiger partial charge is 0.489 e. The zero-order valence-corrected chi connectivity index (χ0v) is 20.6. The van der Waals surface area contributed by atoms with Crippen molar-refractivity contribution in [3.8, 4) is 5.75 Å². The molecular weight excluding hydrogens is 426 g/mol. The van der Waals surface area contributed by atoms with Gasteiger partial charge in [-0.15, -0.1) is 0 Å². The zero-order chi connectivity index (χ0) is 24.5. The number of hydrogen-bond donors (Lipinski definition) is 1. The molecule has 0 radical (unpaired) electrons. The molecule has 0 amide bonds. The van der Waals surface area contributed by atoms with Gasteiger partial charge in [-0.05, 0) is 44.2 Å². The highest BCUT2D eigenvalue weighted by Gasteiger charge is 2.44. The van der Waals surface area contributed by atoms with Crippen LogP contribution in [0.2, 0.25) is 0 Å². The molecule has 0 bridgehead atoms. The molecular formula is C29H33NO4. The van der Waals surface area contributed by atoms with E-state index in [0.717, 1.165) is 28.9 Å². The van der Waals surface area contributed by atoms with E-state index in [2.05, 4.69) is 19.2 Å². The van der Waals surface area contributed by atoms with Crippen LogP contribution in [0, 0.1) is 5.41 Å². The maximum Gasteiger partial charge on any atom is 0.337 e. The molecule has 0 aromatic heterocycles. The van der Waals surface area contributed by atoms with Gasteiger partial charge in [0, 0.05) is 29.0 Å². The van der Waals surface area contributed by atoms with Crippen LogP contribution >= 0.6 is 0 Å². The third-order valence-electron chi connectivity index (χ3n) is 6.27. The van der Waals surface area contributed by atoms with E-state index in [4.69, 9.17) is 9.47 Å². The third-order valence-corrected chi connectivity index (χ3v) is 6.27. The normalized spacial score (nSPS) is 19.6. The number of Topliss-reactive ketones (excluding diaryl/α,β-unsaturated/α-hetero) is 1. The fourth-order valence-corrected chi connectivity index (χ4v) is 4.88. The first kappa shape index (κ1) is 23.8. The van der Waals surface area contributed by atoms with Crippen molar-refractivity contribution >= 4 is 11.8 Å². The molecule has 2 aromatic carbocycles. The lowest BCUT2D eigenvalue weighted by molar-refractivity contribution is -0.143. The number of nitrogens with one attached hydrogen (secondary N) is 1. The van der Waals surface area contributed by atoms with Crippen LogP contribution in [-0.2, 0) is 20.9 Å². The zero-order valence-electron chi connectivity index (χ0n) is 20.6.